The van der Waals surface area contributed by atoms with E-state index >= 15 is 0 Å². The maximum Gasteiger partial charge on any atom is 0.275 e. The monoisotopic (exact) mass is 431 g/mol. The first-order chi connectivity index (χ1) is 15.5. The smallest absolute Gasteiger partial charge is 0.275 e. The number of carbonyl (C=O) groups is 1. The van der Waals surface area contributed by atoms with Crippen LogP contribution in [0.1, 0.15) is 11.1 Å². The fraction of sp³-hybridized carbons (Fsp3) is 0.200. The van der Waals surface area contributed by atoms with Gasteiger partial charge in [-0.15, -0.1) is 0 Å². The van der Waals surface area contributed by atoms with Crippen molar-refractivity contribution in [3.63, 3.8) is 0 Å². The molecule has 0 atom stereocenters. The summed E-state index contributed by atoms with van der Waals surface area (Å²) in [6.07, 6.45) is 3.55. The molecule has 0 aliphatic rings. The average Bonchev–Trinajstić information content (AvgIpc) is 3.18. The minimum absolute atomic E-state index is 0.107. The van der Waals surface area contributed by atoms with Crippen LogP contribution in [0.3, 0.4) is 0 Å². The average molecular weight is 431 g/mol. The molecular weight excluding hydrogens is 406 g/mol. The molecule has 0 saturated carbocycles. The predicted molar refractivity (Wildman–Crippen MR) is 125 cm³/mol. The minimum Gasteiger partial charge on any atom is -0.497 e. The molecule has 7 nitrogen and oxygen atoms in total. The Morgan fingerprint density at radius 3 is 2.28 bits per heavy atom. The van der Waals surface area contributed by atoms with E-state index in [9.17, 15) is 9.59 Å². The van der Waals surface area contributed by atoms with Crippen molar-refractivity contribution in [2.75, 3.05) is 19.5 Å². The van der Waals surface area contributed by atoms with Crippen LogP contribution in [0, 0.1) is 6.92 Å². The number of amides is 1. The molecule has 1 amide bonds. The van der Waals surface area contributed by atoms with Crippen LogP contribution in [0.2, 0.25) is 0 Å². The molecule has 0 radical (unpaired) electrons. The number of nitrogens with zero attached hydrogens (tertiary/aromatic N) is 2. The summed E-state index contributed by atoms with van der Waals surface area (Å²) in [7, 11) is 3.09. The van der Waals surface area contributed by atoms with Crippen molar-refractivity contribution in [3.8, 4) is 11.5 Å². The molecular formula is C25H25N3O4. The standard InChI is InChI=1S/C25H25N3O4/c1-17-5-4-6-18(11-17)15-27-9-7-19-8-10-28(25(30)24(19)27)16-23(29)26-20-12-21(31-2)14-22(13-20)32-3/h4-14H,15-16H2,1-3H3,(H,26,29). The highest BCUT2D eigenvalue weighted by atomic mass is 16.5. The number of nitrogens with one attached hydrogen (secondary N) is 1. The van der Waals surface area contributed by atoms with Gasteiger partial charge < -0.3 is 23.9 Å². The van der Waals surface area contributed by atoms with Gasteiger partial charge in [-0.3, -0.25) is 9.59 Å². The Labute approximate surface area is 185 Å². The SMILES string of the molecule is COc1cc(NC(=O)Cn2ccc3ccn(Cc4cccc(C)c4)c3c2=O)cc(OC)c1. The van der Waals surface area contributed by atoms with Crippen molar-refractivity contribution < 1.29 is 14.3 Å². The van der Waals surface area contributed by atoms with Crippen LogP contribution in [-0.4, -0.2) is 29.3 Å². The first kappa shape index (κ1) is 21.2. The van der Waals surface area contributed by atoms with Gasteiger partial charge >= 0.3 is 0 Å². The number of carbonyl (C=O) groups excluding carboxylic acids is 1. The zero-order chi connectivity index (χ0) is 22.7. The Balaban J connectivity index is 1.58. The summed E-state index contributed by atoms with van der Waals surface area (Å²) in [5.41, 5.74) is 3.18. The lowest BCUT2D eigenvalue weighted by molar-refractivity contribution is -0.116. The lowest BCUT2D eigenvalue weighted by atomic mass is 10.1. The second-order valence-corrected chi connectivity index (χ2v) is 7.63. The molecule has 0 aliphatic heterocycles. The number of fused-ring (bicyclic) bond motifs is 1. The highest BCUT2D eigenvalue weighted by Crippen LogP contribution is 2.25. The van der Waals surface area contributed by atoms with E-state index in [1.54, 1.807) is 38.6 Å². The highest BCUT2D eigenvalue weighted by Gasteiger charge is 2.12. The molecule has 2 aromatic heterocycles. The lowest BCUT2D eigenvalue weighted by Crippen LogP contribution is -2.28. The zero-order valence-electron chi connectivity index (χ0n) is 18.3. The number of hydrogen-bond donors (Lipinski definition) is 1. The zero-order valence-corrected chi connectivity index (χ0v) is 18.3. The molecule has 7 heteroatoms. The second-order valence-electron chi connectivity index (χ2n) is 7.63. The number of methoxy groups -OCH3 is 2. The van der Waals surface area contributed by atoms with Crippen molar-refractivity contribution in [3.05, 3.63) is 88.5 Å². The molecule has 2 heterocycles. The Morgan fingerprint density at radius 1 is 0.938 bits per heavy atom. The van der Waals surface area contributed by atoms with Gasteiger partial charge in [0.2, 0.25) is 5.91 Å². The van der Waals surface area contributed by atoms with Crippen LogP contribution in [0.25, 0.3) is 10.9 Å². The quantitative estimate of drug-likeness (QED) is 0.483. The molecule has 0 spiro atoms. The van der Waals surface area contributed by atoms with Gasteiger partial charge in [-0.05, 0) is 24.6 Å². The van der Waals surface area contributed by atoms with Crippen LogP contribution < -0.4 is 20.3 Å². The number of hydrogen-bond acceptors (Lipinski definition) is 4. The van der Waals surface area contributed by atoms with Crippen molar-refractivity contribution in [1.82, 2.24) is 9.13 Å². The van der Waals surface area contributed by atoms with Crippen LogP contribution >= 0.6 is 0 Å². The number of anilines is 1. The highest BCUT2D eigenvalue weighted by molar-refractivity contribution is 5.91. The van der Waals surface area contributed by atoms with Gasteiger partial charge in [0.15, 0.2) is 0 Å². The van der Waals surface area contributed by atoms with E-state index in [-0.39, 0.29) is 18.0 Å². The van der Waals surface area contributed by atoms with Gasteiger partial charge in [0, 0.05) is 48.2 Å². The normalized spacial score (nSPS) is 10.8. The predicted octanol–water partition coefficient (Wildman–Crippen LogP) is 3.82. The first-order valence-electron chi connectivity index (χ1n) is 10.2. The van der Waals surface area contributed by atoms with Crippen molar-refractivity contribution in [2.45, 2.75) is 20.0 Å². The number of aromatic nitrogens is 2. The summed E-state index contributed by atoms with van der Waals surface area (Å²) in [6.45, 7) is 2.52. The molecule has 0 bridgehead atoms. The van der Waals surface area contributed by atoms with Crippen molar-refractivity contribution in [2.24, 2.45) is 0 Å². The molecule has 2 aromatic carbocycles. The molecule has 0 aliphatic carbocycles. The molecule has 4 aromatic rings. The Morgan fingerprint density at radius 2 is 1.62 bits per heavy atom. The van der Waals surface area contributed by atoms with Crippen molar-refractivity contribution >= 4 is 22.5 Å². The van der Waals surface area contributed by atoms with E-state index in [2.05, 4.69) is 11.4 Å². The second kappa shape index (κ2) is 9.01. The van der Waals surface area contributed by atoms with Crippen molar-refractivity contribution in [1.29, 1.82) is 0 Å². The minimum atomic E-state index is -0.321. The van der Waals surface area contributed by atoms with E-state index < -0.39 is 0 Å². The number of ether oxygens (including phenoxy) is 2. The molecule has 0 fully saturated rings. The molecule has 1 N–H and O–H groups in total. The van der Waals surface area contributed by atoms with E-state index in [4.69, 9.17) is 9.47 Å². The van der Waals surface area contributed by atoms with Gasteiger partial charge in [0.25, 0.3) is 5.56 Å². The van der Waals surface area contributed by atoms with Crippen LogP contribution in [0.5, 0.6) is 11.5 Å². The summed E-state index contributed by atoms with van der Waals surface area (Å²) in [6, 6.07) is 17.1. The van der Waals surface area contributed by atoms with Crippen LogP contribution in [0.4, 0.5) is 5.69 Å². The summed E-state index contributed by atoms with van der Waals surface area (Å²) in [4.78, 5) is 25.8. The molecule has 0 unspecified atom stereocenters. The number of rotatable bonds is 7. The summed E-state index contributed by atoms with van der Waals surface area (Å²) in [5, 5.41) is 3.65. The van der Waals surface area contributed by atoms with Crippen LogP contribution in [0.15, 0.2) is 71.8 Å². The number of aryl methyl sites for hydroxylation is 1. The Kier molecular flexibility index (Phi) is 5.98. The fourth-order valence-electron chi connectivity index (χ4n) is 3.74. The van der Waals surface area contributed by atoms with E-state index in [0.717, 1.165) is 10.9 Å². The summed E-state index contributed by atoms with van der Waals surface area (Å²) < 4.78 is 13.8. The third-order valence-electron chi connectivity index (χ3n) is 5.28. The Hall–Kier alpha value is -4.00. The summed E-state index contributed by atoms with van der Waals surface area (Å²) in [5.74, 6) is 0.804. The first-order valence-corrected chi connectivity index (χ1v) is 10.2. The molecule has 32 heavy (non-hydrogen) atoms. The van der Waals surface area contributed by atoms with Gasteiger partial charge in [-0.2, -0.15) is 0 Å². The van der Waals surface area contributed by atoms with Gasteiger partial charge in [-0.1, -0.05) is 29.8 Å². The van der Waals surface area contributed by atoms with Gasteiger partial charge in [-0.25, -0.2) is 0 Å². The Bertz CT molecular complexity index is 1310. The van der Waals surface area contributed by atoms with Gasteiger partial charge in [0.05, 0.1) is 14.2 Å². The van der Waals surface area contributed by atoms with E-state index in [0.29, 0.717) is 29.2 Å². The molecule has 4 rings (SSSR count). The summed E-state index contributed by atoms with van der Waals surface area (Å²) >= 11 is 0. The third-order valence-corrected chi connectivity index (χ3v) is 5.28. The third kappa shape index (κ3) is 4.51. The maximum absolute atomic E-state index is 13.2. The van der Waals surface area contributed by atoms with E-state index in [1.807, 2.05) is 48.0 Å². The van der Waals surface area contributed by atoms with Crippen LogP contribution in [-0.2, 0) is 17.9 Å². The van der Waals surface area contributed by atoms with E-state index in [1.165, 1.54) is 10.1 Å². The number of benzene rings is 2. The number of pyridine rings is 1. The molecule has 0 saturated heterocycles. The molecule has 164 valence electrons. The largest absolute Gasteiger partial charge is 0.497 e. The lowest BCUT2D eigenvalue weighted by Gasteiger charge is -2.11. The fourth-order valence-corrected chi connectivity index (χ4v) is 3.74. The van der Waals surface area contributed by atoms with Gasteiger partial charge in [0.1, 0.15) is 23.6 Å². The topological polar surface area (TPSA) is 74.5 Å². The maximum atomic E-state index is 13.2.